The van der Waals surface area contributed by atoms with Gasteiger partial charge in [-0.05, 0) is 30.4 Å². The van der Waals surface area contributed by atoms with Crippen LogP contribution in [-0.4, -0.2) is 49.4 Å². The van der Waals surface area contributed by atoms with E-state index >= 15 is 0 Å². The Balaban J connectivity index is 1.72. The van der Waals surface area contributed by atoms with Crippen molar-refractivity contribution >= 4 is 34.6 Å². The Morgan fingerprint density at radius 3 is 2.85 bits per heavy atom. The number of nitrogens with zero attached hydrogens (tertiary/aromatic N) is 1. The molecule has 0 unspecified atom stereocenters. The van der Waals surface area contributed by atoms with Gasteiger partial charge in [0.05, 0.1) is 23.9 Å². The maximum atomic E-state index is 12.9. The van der Waals surface area contributed by atoms with Gasteiger partial charge in [-0.25, -0.2) is 4.39 Å². The van der Waals surface area contributed by atoms with Crippen LogP contribution < -0.4 is 10.6 Å². The van der Waals surface area contributed by atoms with E-state index in [1.54, 1.807) is 6.07 Å². The van der Waals surface area contributed by atoms with Crippen LogP contribution in [0.15, 0.2) is 18.2 Å². The summed E-state index contributed by atoms with van der Waals surface area (Å²) in [6.45, 7) is 5.12. The van der Waals surface area contributed by atoms with Gasteiger partial charge in [0.25, 0.3) is 0 Å². The number of nitrogens with one attached hydrogen (secondary N) is 2. The molecule has 0 aromatic heterocycles. The van der Waals surface area contributed by atoms with Crippen LogP contribution in [0.25, 0.3) is 0 Å². The zero-order valence-corrected chi connectivity index (χ0v) is 12.6. The van der Waals surface area contributed by atoms with Crippen molar-refractivity contribution in [3.63, 3.8) is 0 Å². The lowest BCUT2D eigenvalue weighted by atomic mass is 10.3. The minimum atomic E-state index is -0.369. The molecular weight excluding hydrogens is 301 g/mol. The second kappa shape index (κ2) is 7.73. The number of ether oxygens (including phenoxy) is 1. The number of hydrogen-bond acceptors (Lipinski definition) is 3. The van der Waals surface area contributed by atoms with Crippen molar-refractivity contribution in [2.45, 2.75) is 0 Å². The van der Waals surface area contributed by atoms with Gasteiger partial charge in [-0.3, -0.25) is 4.90 Å². The lowest BCUT2D eigenvalue weighted by molar-refractivity contribution is 0.0389. The normalized spacial score (nSPS) is 15.9. The maximum Gasteiger partial charge on any atom is 0.170 e. The van der Waals surface area contributed by atoms with Crippen LogP contribution in [0.1, 0.15) is 0 Å². The quantitative estimate of drug-likeness (QED) is 0.832. The fourth-order valence-corrected chi connectivity index (χ4v) is 2.34. The third-order valence-corrected chi connectivity index (χ3v) is 3.56. The van der Waals surface area contributed by atoms with Crippen LogP contribution in [0.3, 0.4) is 0 Å². The molecule has 4 nitrogen and oxygen atoms in total. The summed E-state index contributed by atoms with van der Waals surface area (Å²) in [4.78, 5) is 2.31. The zero-order chi connectivity index (χ0) is 14.4. The van der Waals surface area contributed by atoms with E-state index in [9.17, 15) is 4.39 Å². The third kappa shape index (κ3) is 4.86. The van der Waals surface area contributed by atoms with E-state index in [1.807, 2.05) is 0 Å². The van der Waals surface area contributed by atoms with Crippen LogP contribution >= 0.6 is 23.8 Å². The molecular formula is C13H17ClFN3OS. The molecule has 1 saturated heterocycles. The zero-order valence-electron chi connectivity index (χ0n) is 11.0. The van der Waals surface area contributed by atoms with Crippen molar-refractivity contribution in [2.24, 2.45) is 0 Å². The third-order valence-electron chi connectivity index (χ3n) is 3.00. The summed E-state index contributed by atoms with van der Waals surface area (Å²) in [6, 6.07) is 4.15. The summed E-state index contributed by atoms with van der Waals surface area (Å²) < 4.78 is 18.2. The van der Waals surface area contributed by atoms with Crippen molar-refractivity contribution in [1.29, 1.82) is 0 Å². The highest BCUT2D eigenvalue weighted by molar-refractivity contribution is 7.80. The predicted octanol–water partition coefficient (Wildman–Crippen LogP) is 2.10. The van der Waals surface area contributed by atoms with Gasteiger partial charge in [0.2, 0.25) is 0 Å². The SMILES string of the molecule is Fc1ccc(NC(=S)NCCN2CCOCC2)c(Cl)c1. The Morgan fingerprint density at radius 1 is 1.40 bits per heavy atom. The molecule has 1 aliphatic rings. The minimum absolute atomic E-state index is 0.308. The minimum Gasteiger partial charge on any atom is -0.379 e. The van der Waals surface area contributed by atoms with Gasteiger partial charge in [0.1, 0.15) is 5.82 Å². The van der Waals surface area contributed by atoms with Gasteiger partial charge in [-0.2, -0.15) is 0 Å². The molecule has 0 radical (unpaired) electrons. The molecule has 20 heavy (non-hydrogen) atoms. The monoisotopic (exact) mass is 317 g/mol. The molecule has 0 spiro atoms. The van der Waals surface area contributed by atoms with Gasteiger partial charge < -0.3 is 15.4 Å². The number of rotatable bonds is 4. The maximum absolute atomic E-state index is 12.9. The molecule has 7 heteroatoms. The number of halogens is 2. The Labute approximate surface area is 128 Å². The van der Waals surface area contributed by atoms with Crippen LogP contribution in [0, 0.1) is 5.82 Å². The van der Waals surface area contributed by atoms with Crippen LogP contribution in [0.5, 0.6) is 0 Å². The number of morpholine rings is 1. The summed E-state index contributed by atoms with van der Waals surface area (Å²) in [5.41, 5.74) is 0.594. The van der Waals surface area contributed by atoms with Crippen molar-refractivity contribution in [3.05, 3.63) is 29.0 Å². The molecule has 1 heterocycles. The fraction of sp³-hybridized carbons (Fsp3) is 0.462. The summed E-state index contributed by atoms with van der Waals surface area (Å²) >= 11 is 11.1. The Bertz CT molecular complexity index is 469. The largest absolute Gasteiger partial charge is 0.379 e. The smallest absolute Gasteiger partial charge is 0.170 e. The predicted molar refractivity (Wildman–Crippen MR) is 82.9 cm³/mol. The Hall–Kier alpha value is -0.950. The van der Waals surface area contributed by atoms with Gasteiger partial charge >= 0.3 is 0 Å². The van der Waals surface area contributed by atoms with Crippen LogP contribution in [0.4, 0.5) is 10.1 Å². The summed E-state index contributed by atoms with van der Waals surface area (Å²) in [6.07, 6.45) is 0. The van der Waals surface area contributed by atoms with Gasteiger partial charge in [0.15, 0.2) is 5.11 Å². The van der Waals surface area contributed by atoms with Crippen LogP contribution in [0.2, 0.25) is 5.02 Å². The van der Waals surface area contributed by atoms with Crippen molar-refractivity contribution < 1.29 is 9.13 Å². The first-order chi connectivity index (χ1) is 9.65. The molecule has 0 saturated carbocycles. The first-order valence-corrected chi connectivity index (χ1v) is 7.24. The molecule has 2 rings (SSSR count). The lowest BCUT2D eigenvalue weighted by Gasteiger charge is -2.26. The standard InChI is InChI=1S/C13H17ClFN3OS/c14-11-9-10(15)1-2-12(11)17-13(20)16-3-4-18-5-7-19-8-6-18/h1-2,9H,3-8H2,(H2,16,17,20). The molecule has 110 valence electrons. The average molecular weight is 318 g/mol. The van der Waals surface area contributed by atoms with Crippen LogP contribution in [-0.2, 0) is 4.74 Å². The topological polar surface area (TPSA) is 36.5 Å². The van der Waals surface area contributed by atoms with Crippen molar-refractivity contribution in [1.82, 2.24) is 10.2 Å². The first kappa shape index (κ1) is 15.4. The van der Waals surface area contributed by atoms with E-state index in [0.29, 0.717) is 15.8 Å². The number of hydrogen-bond donors (Lipinski definition) is 2. The summed E-state index contributed by atoms with van der Waals surface area (Å²) in [5, 5.41) is 6.85. The van der Waals surface area contributed by atoms with E-state index in [4.69, 9.17) is 28.6 Å². The second-order valence-corrected chi connectivity index (χ2v) is 5.27. The molecule has 1 aromatic carbocycles. The van der Waals surface area contributed by atoms with E-state index in [1.165, 1.54) is 12.1 Å². The van der Waals surface area contributed by atoms with Gasteiger partial charge in [0, 0.05) is 26.2 Å². The highest BCUT2D eigenvalue weighted by atomic mass is 35.5. The summed E-state index contributed by atoms with van der Waals surface area (Å²) in [5.74, 6) is -0.369. The van der Waals surface area contributed by atoms with E-state index < -0.39 is 0 Å². The first-order valence-electron chi connectivity index (χ1n) is 6.45. The van der Waals surface area contributed by atoms with Gasteiger partial charge in [-0.1, -0.05) is 11.6 Å². The lowest BCUT2D eigenvalue weighted by Crippen LogP contribution is -2.42. The number of thiocarbonyl (C=S) groups is 1. The van der Waals surface area contributed by atoms with Gasteiger partial charge in [-0.15, -0.1) is 0 Å². The fourth-order valence-electron chi connectivity index (χ4n) is 1.91. The Kier molecular flexibility index (Phi) is 5.97. The Morgan fingerprint density at radius 2 is 2.15 bits per heavy atom. The molecule has 2 N–H and O–H groups in total. The van der Waals surface area contributed by atoms with Crippen molar-refractivity contribution in [3.8, 4) is 0 Å². The molecule has 1 fully saturated rings. The highest BCUT2D eigenvalue weighted by Gasteiger charge is 2.09. The van der Waals surface area contributed by atoms with Crippen molar-refractivity contribution in [2.75, 3.05) is 44.7 Å². The molecule has 0 amide bonds. The summed E-state index contributed by atoms with van der Waals surface area (Å²) in [7, 11) is 0. The molecule has 1 aliphatic heterocycles. The van der Waals surface area contributed by atoms with E-state index in [0.717, 1.165) is 39.4 Å². The molecule has 0 atom stereocenters. The number of benzene rings is 1. The molecule has 0 aliphatic carbocycles. The molecule has 0 bridgehead atoms. The highest BCUT2D eigenvalue weighted by Crippen LogP contribution is 2.22. The number of anilines is 1. The van der Waals surface area contributed by atoms with E-state index in [2.05, 4.69) is 15.5 Å². The van der Waals surface area contributed by atoms with E-state index in [-0.39, 0.29) is 5.82 Å². The second-order valence-electron chi connectivity index (χ2n) is 4.46. The average Bonchev–Trinajstić information content (AvgIpc) is 2.43. The molecule has 1 aromatic rings.